The van der Waals surface area contributed by atoms with Crippen LogP contribution in [0.1, 0.15) is 25.6 Å². The predicted octanol–water partition coefficient (Wildman–Crippen LogP) is 1.10. The monoisotopic (exact) mass is 297 g/mol. The van der Waals surface area contributed by atoms with Gasteiger partial charge in [0.2, 0.25) is 0 Å². The van der Waals surface area contributed by atoms with Gasteiger partial charge in [-0.2, -0.15) is 0 Å². The molecule has 1 fully saturated rings. The van der Waals surface area contributed by atoms with E-state index in [9.17, 15) is 5.11 Å². The zero-order valence-electron chi connectivity index (χ0n) is 13.3. The van der Waals surface area contributed by atoms with Gasteiger partial charge in [-0.25, -0.2) is 4.98 Å². The van der Waals surface area contributed by atoms with Gasteiger partial charge in [-0.15, -0.1) is 0 Å². The van der Waals surface area contributed by atoms with E-state index in [0.717, 1.165) is 31.9 Å². The Hall–Kier alpha value is -0.950. The lowest BCUT2D eigenvalue weighted by molar-refractivity contribution is -0.0833. The van der Waals surface area contributed by atoms with E-state index in [1.807, 2.05) is 10.8 Å². The van der Waals surface area contributed by atoms with Crippen molar-refractivity contribution in [3.8, 4) is 0 Å². The van der Waals surface area contributed by atoms with E-state index in [1.165, 1.54) is 0 Å². The second kappa shape index (κ2) is 7.35. The maximum Gasteiger partial charge on any atom is 0.124 e. The Morgan fingerprint density at radius 3 is 2.90 bits per heavy atom. The smallest absolute Gasteiger partial charge is 0.124 e. The maximum absolute atomic E-state index is 10.7. The molecule has 1 saturated heterocycles. The van der Waals surface area contributed by atoms with Crippen LogP contribution in [0.5, 0.6) is 0 Å². The topological polar surface area (TPSA) is 59.8 Å². The number of nitrogens with zero attached hydrogens (tertiary/aromatic N) is 3. The standard InChI is InChI=1S/C15H27N3O3/c1-13-10-17(7-4-15(13,19)5-9-20-2)11-14-16-6-8-18(14)12-21-3/h6,8,13,19H,4-5,7,9-12H2,1-3H3/t13-,15-/m1/s1. The van der Waals surface area contributed by atoms with Gasteiger partial charge in [0, 0.05) is 46.3 Å². The largest absolute Gasteiger partial charge is 0.389 e. The van der Waals surface area contributed by atoms with Crippen LogP contribution in [0, 0.1) is 5.92 Å². The average molecular weight is 297 g/mol. The van der Waals surface area contributed by atoms with Crippen molar-refractivity contribution >= 4 is 0 Å². The zero-order valence-corrected chi connectivity index (χ0v) is 13.3. The van der Waals surface area contributed by atoms with Crippen LogP contribution in [-0.2, 0) is 22.7 Å². The third-order valence-electron chi connectivity index (χ3n) is 4.48. The molecule has 1 aliphatic rings. The summed E-state index contributed by atoms with van der Waals surface area (Å²) < 4.78 is 12.3. The number of rotatable bonds is 7. The van der Waals surface area contributed by atoms with E-state index in [0.29, 0.717) is 19.8 Å². The molecule has 0 saturated carbocycles. The van der Waals surface area contributed by atoms with Crippen molar-refractivity contribution in [2.45, 2.75) is 38.6 Å². The van der Waals surface area contributed by atoms with Gasteiger partial charge in [0.05, 0.1) is 12.1 Å². The van der Waals surface area contributed by atoms with Gasteiger partial charge in [0.25, 0.3) is 0 Å². The van der Waals surface area contributed by atoms with Crippen LogP contribution in [0.2, 0.25) is 0 Å². The van der Waals surface area contributed by atoms with E-state index in [2.05, 4.69) is 16.8 Å². The van der Waals surface area contributed by atoms with Crippen LogP contribution in [-0.4, -0.2) is 59.1 Å². The number of ether oxygens (including phenoxy) is 2. The van der Waals surface area contributed by atoms with E-state index < -0.39 is 5.60 Å². The highest BCUT2D eigenvalue weighted by Gasteiger charge is 2.38. The number of hydrogen-bond acceptors (Lipinski definition) is 5. The van der Waals surface area contributed by atoms with Crippen LogP contribution >= 0.6 is 0 Å². The highest BCUT2D eigenvalue weighted by atomic mass is 16.5. The molecule has 1 aromatic rings. The number of likely N-dealkylation sites (tertiary alicyclic amines) is 1. The van der Waals surface area contributed by atoms with Crippen molar-refractivity contribution in [3.05, 3.63) is 18.2 Å². The summed E-state index contributed by atoms with van der Waals surface area (Å²) >= 11 is 0. The van der Waals surface area contributed by atoms with Crippen molar-refractivity contribution in [2.75, 3.05) is 33.9 Å². The lowest BCUT2D eigenvalue weighted by Crippen LogP contribution is -2.51. The van der Waals surface area contributed by atoms with Gasteiger partial charge in [0.15, 0.2) is 0 Å². The summed E-state index contributed by atoms with van der Waals surface area (Å²) in [5.74, 6) is 1.23. The molecule has 0 bridgehead atoms. The number of imidazole rings is 1. The Bertz CT molecular complexity index is 438. The summed E-state index contributed by atoms with van der Waals surface area (Å²) in [5.41, 5.74) is -0.603. The molecule has 2 rings (SSSR count). The molecule has 120 valence electrons. The molecule has 1 aliphatic heterocycles. The number of hydrogen-bond donors (Lipinski definition) is 1. The summed E-state index contributed by atoms with van der Waals surface area (Å²) in [6.07, 6.45) is 5.22. The van der Waals surface area contributed by atoms with Crippen molar-refractivity contribution in [1.29, 1.82) is 0 Å². The molecule has 0 aliphatic carbocycles. The van der Waals surface area contributed by atoms with Crippen molar-refractivity contribution in [1.82, 2.24) is 14.5 Å². The highest BCUT2D eigenvalue weighted by molar-refractivity contribution is 4.96. The van der Waals surface area contributed by atoms with E-state index in [-0.39, 0.29) is 5.92 Å². The van der Waals surface area contributed by atoms with Crippen LogP contribution in [0.3, 0.4) is 0 Å². The average Bonchev–Trinajstić information content (AvgIpc) is 2.89. The Balaban J connectivity index is 1.91. The van der Waals surface area contributed by atoms with Crippen molar-refractivity contribution in [2.24, 2.45) is 5.92 Å². The van der Waals surface area contributed by atoms with Gasteiger partial charge < -0.3 is 19.1 Å². The fourth-order valence-corrected chi connectivity index (χ4v) is 2.99. The second-order valence-corrected chi connectivity index (χ2v) is 5.96. The van der Waals surface area contributed by atoms with Gasteiger partial charge in [-0.05, 0) is 18.8 Å². The second-order valence-electron chi connectivity index (χ2n) is 5.96. The summed E-state index contributed by atoms with van der Waals surface area (Å²) in [7, 11) is 3.36. The number of methoxy groups -OCH3 is 2. The van der Waals surface area contributed by atoms with Crippen molar-refractivity contribution in [3.63, 3.8) is 0 Å². The first-order valence-corrected chi connectivity index (χ1v) is 7.51. The van der Waals surface area contributed by atoms with Crippen LogP contribution in [0.25, 0.3) is 0 Å². The fraction of sp³-hybridized carbons (Fsp3) is 0.800. The predicted molar refractivity (Wildman–Crippen MR) is 79.7 cm³/mol. The molecule has 0 radical (unpaired) electrons. The van der Waals surface area contributed by atoms with Crippen molar-refractivity contribution < 1.29 is 14.6 Å². The molecular weight excluding hydrogens is 270 g/mol. The molecule has 0 unspecified atom stereocenters. The normalized spacial score (nSPS) is 27.1. The number of piperidine rings is 1. The lowest BCUT2D eigenvalue weighted by atomic mass is 9.80. The third kappa shape index (κ3) is 4.03. The van der Waals surface area contributed by atoms with E-state index in [4.69, 9.17) is 9.47 Å². The summed E-state index contributed by atoms with van der Waals surface area (Å²) in [5, 5.41) is 10.7. The minimum Gasteiger partial charge on any atom is -0.389 e. The maximum atomic E-state index is 10.7. The Morgan fingerprint density at radius 1 is 1.43 bits per heavy atom. The highest BCUT2D eigenvalue weighted by Crippen LogP contribution is 2.31. The van der Waals surface area contributed by atoms with Gasteiger partial charge >= 0.3 is 0 Å². The Kier molecular flexibility index (Phi) is 5.75. The van der Waals surface area contributed by atoms with Crippen LogP contribution < -0.4 is 0 Å². The first-order valence-electron chi connectivity index (χ1n) is 7.51. The fourth-order valence-electron chi connectivity index (χ4n) is 2.99. The van der Waals surface area contributed by atoms with Gasteiger partial charge in [-0.3, -0.25) is 4.90 Å². The first kappa shape index (κ1) is 16.4. The lowest BCUT2D eigenvalue weighted by Gasteiger charge is -2.43. The van der Waals surface area contributed by atoms with Gasteiger partial charge in [0.1, 0.15) is 12.6 Å². The Morgan fingerprint density at radius 2 is 2.24 bits per heavy atom. The molecule has 21 heavy (non-hydrogen) atoms. The quantitative estimate of drug-likeness (QED) is 0.816. The molecule has 1 N–H and O–H groups in total. The molecule has 0 spiro atoms. The molecule has 1 aromatic heterocycles. The molecule has 0 aromatic carbocycles. The van der Waals surface area contributed by atoms with E-state index >= 15 is 0 Å². The molecular formula is C15H27N3O3. The SMILES string of the molecule is COCC[C@]1(O)CCN(Cc2nccn2COC)C[C@H]1C. The first-order chi connectivity index (χ1) is 10.1. The molecule has 6 nitrogen and oxygen atoms in total. The van der Waals surface area contributed by atoms with Gasteiger partial charge in [-0.1, -0.05) is 6.92 Å². The number of aliphatic hydroxyl groups is 1. The van der Waals surface area contributed by atoms with Crippen LogP contribution in [0.15, 0.2) is 12.4 Å². The Labute approximate surface area is 126 Å². The van der Waals surface area contributed by atoms with E-state index in [1.54, 1.807) is 20.4 Å². The summed E-state index contributed by atoms with van der Waals surface area (Å²) in [6, 6.07) is 0. The minimum atomic E-state index is -0.603. The zero-order chi connectivity index (χ0) is 15.3. The third-order valence-corrected chi connectivity index (χ3v) is 4.48. The summed E-state index contributed by atoms with van der Waals surface area (Å²) in [6.45, 7) is 5.80. The molecule has 0 amide bonds. The number of aromatic nitrogens is 2. The van der Waals surface area contributed by atoms with Crippen LogP contribution in [0.4, 0.5) is 0 Å². The minimum absolute atomic E-state index is 0.229. The molecule has 6 heteroatoms. The molecule has 2 atom stereocenters. The molecule has 2 heterocycles. The summed E-state index contributed by atoms with van der Waals surface area (Å²) in [4.78, 5) is 6.75.